The maximum absolute atomic E-state index is 13.4. The van der Waals surface area contributed by atoms with Gasteiger partial charge in [-0.05, 0) is 30.7 Å². The lowest BCUT2D eigenvalue weighted by atomic mass is 10.3. The van der Waals surface area contributed by atoms with E-state index >= 15 is 0 Å². The van der Waals surface area contributed by atoms with Gasteiger partial charge in [-0.3, -0.25) is 0 Å². The molecule has 0 amide bonds. The van der Waals surface area contributed by atoms with Crippen LogP contribution in [0.25, 0.3) is 0 Å². The first-order valence-electron chi connectivity index (χ1n) is 4.63. The van der Waals surface area contributed by atoms with Crippen molar-refractivity contribution in [3.8, 4) is 0 Å². The van der Waals surface area contributed by atoms with Crippen molar-refractivity contribution in [1.82, 2.24) is 9.19 Å². The van der Waals surface area contributed by atoms with Crippen LogP contribution < -0.4 is 0 Å². The van der Waals surface area contributed by atoms with Crippen molar-refractivity contribution in [1.29, 1.82) is 0 Å². The Bertz CT molecular complexity index is 665. The summed E-state index contributed by atoms with van der Waals surface area (Å²) in [5.74, 6) is -1.84. The van der Waals surface area contributed by atoms with Crippen LogP contribution in [-0.2, 0) is 10.0 Å². The fraction of sp³-hybridized carbons (Fsp3) is 0.100. The average molecular weight is 258 g/mol. The molecule has 2 aromatic rings. The number of hydrogen-bond donors (Lipinski definition) is 0. The highest BCUT2D eigenvalue weighted by molar-refractivity contribution is 7.89. The van der Waals surface area contributed by atoms with E-state index in [2.05, 4.69) is 5.10 Å². The lowest BCUT2D eigenvalue weighted by Crippen LogP contribution is -2.15. The molecule has 1 aromatic heterocycles. The van der Waals surface area contributed by atoms with Gasteiger partial charge in [0.15, 0.2) is 0 Å². The van der Waals surface area contributed by atoms with Crippen LogP contribution in [0.3, 0.4) is 0 Å². The van der Waals surface area contributed by atoms with Crippen LogP contribution in [0.15, 0.2) is 35.5 Å². The number of aromatic nitrogens is 2. The minimum absolute atomic E-state index is 0.602. The van der Waals surface area contributed by atoms with Crippen LogP contribution in [0.4, 0.5) is 8.78 Å². The van der Waals surface area contributed by atoms with Gasteiger partial charge in [-0.1, -0.05) is 0 Å². The van der Waals surface area contributed by atoms with Crippen molar-refractivity contribution < 1.29 is 17.2 Å². The number of aryl methyl sites for hydroxylation is 1. The Balaban J connectivity index is 2.63. The Labute approximate surface area is 96.6 Å². The molecule has 0 fully saturated rings. The third-order valence-corrected chi connectivity index (χ3v) is 3.67. The van der Waals surface area contributed by atoms with E-state index in [4.69, 9.17) is 0 Å². The highest BCUT2D eigenvalue weighted by atomic mass is 32.2. The molecular formula is C10H8F2N2O2S. The quantitative estimate of drug-likeness (QED) is 0.824. The predicted octanol–water partition coefficient (Wildman–Crippen LogP) is 1.71. The van der Waals surface area contributed by atoms with Crippen LogP contribution >= 0.6 is 0 Å². The summed E-state index contributed by atoms with van der Waals surface area (Å²) >= 11 is 0. The molecule has 90 valence electrons. The highest BCUT2D eigenvalue weighted by Gasteiger charge is 2.22. The van der Waals surface area contributed by atoms with Gasteiger partial charge in [0.2, 0.25) is 0 Å². The largest absolute Gasteiger partial charge is 0.285 e. The topological polar surface area (TPSA) is 52.0 Å². The predicted molar refractivity (Wildman–Crippen MR) is 55.9 cm³/mol. The molecular weight excluding hydrogens is 250 g/mol. The van der Waals surface area contributed by atoms with Crippen molar-refractivity contribution in [2.45, 2.75) is 11.8 Å². The van der Waals surface area contributed by atoms with Crippen LogP contribution in [0.5, 0.6) is 0 Å². The van der Waals surface area contributed by atoms with E-state index in [9.17, 15) is 17.2 Å². The van der Waals surface area contributed by atoms with Gasteiger partial charge in [0.05, 0.1) is 6.20 Å². The van der Waals surface area contributed by atoms with Crippen molar-refractivity contribution >= 4 is 10.0 Å². The maximum atomic E-state index is 13.4. The van der Waals surface area contributed by atoms with E-state index < -0.39 is 26.6 Å². The van der Waals surface area contributed by atoms with E-state index in [1.54, 1.807) is 6.92 Å². The molecule has 0 bridgehead atoms. The number of rotatable bonds is 2. The molecule has 7 heteroatoms. The van der Waals surface area contributed by atoms with Crippen LogP contribution in [0.1, 0.15) is 5.56 Å². The number of nitrogens with zero attached hydrogens (tertiary/aromatic N) is 2. The second kappa shape index (κ2) is 3.92. The first-order valence-corrected chi connectivity index (χ1v) is 6.07. The normalized spacial score (nSPS) is 11.7. The summed E-state index contributed by atoms with van der Waals surface area (Å²) in [7, 11) is -4.18. The Hall–Kier alpha value is -1.76. The second-order valence-corrected chi connectivity index (χ2v) is 5.23. The third-order valence-electron chi connectivity index (χ3n) is 2.11. The summed E-state index contributed by atoms with van der Waals surface area (Å²) in [6, 6.07) is 2.24. The summed E-state index contributed by atoms with van der Waals surface area (Å²) in [4.78, 5) is -0.736. The number of halogens is 2. The van der Waals surface area contributed by atoms with E-state index in [0.29, 0.717) is 15.7 Å². The SMILES string of the molecule is Cc1cnn(S(=O)(=O)c2cc(F)ccc2F)c1. The molecule has 0 saturated heterocycles. The fourth-order valence-corrected chi connectivity index (χ4v) is 2.55. The van der Waals surface area contributed by atoms with Crippen molar-refractivity contribution in [2.75, 3.05) is 0 Å². The minimum Gasteiger partial charge on any atom is -0.207 e. The average Bonchev–Trinajstić information content (AvgIpc) is 2.69. The summed E-state index contributed by atoms with van der Waals surface area (Å²) in [5.41, 5.74) is 0.602. The van der Waals surface area contributed by atoms with Crippen LogP contribution in [0, 0.1) is 18.6 Å². The van der Waals surface area contributed by atoms with Gasteiger partial charge in [0, 0.05) is 6.20 Å². The van der Waals surface area contributed by atoms with Crippen LogP contribution in [-0.4, -0.2) is 17.6 Å². The Kier molecular flexibility index (Phi) is 2.70. The molecule has 0 aliphatic rings. The molecule has 0 saturated carbocycles. The molecule has 17 heavy (non-hydrogen) atoms. The van der Waals surface area contributed by atoms with Crippen molar-refractivity contribution in [2.24, 2.45) is 0 Å². The molecule has 0 unspecified atom stereocenters. The smallest absolute Gasteiger partial charge is 0.207 e. The van der Waals surface area contributed by atoms with Gasteiger partial charge >= 0.3 is 0 Å². The third kappa shape index (κ3) is 2.05. The molecule has 0 N–H and O–H groups in total. The molecule has 0 aliphatic carbocycles. The molecule has 0 aliphatic heterocycles. The van der Waals surface area contributed by atoms with Gasteiger partial charge in [-0.25, -0.2) is 8.78 Å². The molecule has 0 radical (unpaired) electrons. The second-order valence-electron chi connectivity index (χ2n) is 3.47. The highest BCUT2D eigenvalue weighted by Crippen LogP contribution is 2.18. The first-order chi connectivity index (χ1) is 7.91. The molecule has 1 heterocycles. The first kappa shape index (κ1) is 11.7. The van der Waals surface area contributed by atoms with Gasteiger partial charge in [0.1, 0.15) is 16.5 Å². The van der Waals surface area contributed by atoms with E-state index in [0.717, 1.165) is 12.1 Å². The van der Waals surface area contributed by atoms with Gasteiger partial charge < -0.3 is 0 Å². The van der Waals surface area contributed by atoms with E-state index in [1.165, 1.54) is 12.4 Å². The lowest BCUT2D eigenvalue weighted by Gasteiger charge is -2.05. The summed E-state index contributed by atoms with van der Waals surface area (Å²) in [6.45, 7) is 1.64. The zero-order chi connectivity index (χ0) is 12.6. The summed E-state index contributed by atoms with van der Waals surface area (Å²) in [5, 5.41) is 3.57. The Morgan fingerprint density at radius 3 is 2.59 bits per heavy atom. The van der Waals surface area contributed by atoms with Crippen LogP contribution in [0.2, 0.25) is 0 Å². The molecule has 0 spiro atoms. The van der Waals surface area contributed by atoms with E-state index in [1.807, 2.05) is 0 Å². The Morgan fingerprint density at radius 1 is 1.29 bits per heavy atom. The van der Waals surface area contributed by atoms with E-state index in [-0.39, 0.29) is 0 Å². The lowest BCUT2D eigenvalue weighted by molar-refractivity contribution is 0.545. The zero-order valence-electron chi connectivity index (χ0n) is 8.76. The molecule has 2 rings (SSSR count). The Morgan fingerprint density at radius 2 is 2.00 bits per heavy atom. The number of benzene rings is 1. The number of hydrogen-bond acceptors (Lipinski definition) is 3. The summed E-state index contributed by atoms with van der Waals surface area (Å²) < 4.78 is 50.7. The van der Waals surface area contributed by atoms with Gasteiger partial charge in [0.25, 0.3) is 10.0 Å². The summed E-state index contributed by atoms with van der Waals surface area (Å²) in [6.07, 6.45) is 2.54. The zero-order valence-corrected chi connectivity index (χ0v) is 9.58. The van der Waals surface area contributed by atoms with Gasteiger partial charge in [-0.2, -0.15) is 17.6 Å². The molecule has 4 nitrogen and oxygen atoms in total. The maximum Gasteiger partial charge on any atom is 0.285 e. The molecule has 0 atom stereocenters. The van der Waals surface area contributed by atoms with Crippen molar-refractivity contribution in [3.63, 3.8) is 0 Å². The van der Waals surface area contributed by atoms with Gasteiger partial charge in [-0.15, -0.1) is 0 Å². The monoisotopic (exact) mass is 258 g/mol. The van der Waals surface area contributed by atoms with Crippen molar-refractivity contribution in [3.05, 3.63) is 47.8 Å². The minimum atomic E-state index is -4.18. The fourth-order valence-electron chi connectivity index (χ4n) is 1.30. The standard InChI is InChI=1S/C10H8F2N2O2S/c1-7-5-13-14(6-7)17(15,16)10-4-8(11)2-3-9(10)12/h2-6H,1H3. The molecule has 1 aromatic carbocycles.